The van der Waals surface area contributed by atoms with Gasteiger partial charge in [-0.15, -0.1) is 0 Å². The molecule has 0 radical (unpaired) electrons. The van der Waals surface area contributed by atoms with Gasteiger partial charge in [-0.25, -0.2) is 0 Å². The Bertz CT molecular complexity index is 626. The van der Waals surface area contributed by atoms with Crippen LogP contribution in [0.4, 0.5) is 5.69 Å². The standard InChI is InChI=1S/C18H20ClNO3/c1-3-13(2)23-17-10-6-15(7-11-17)20-18(21)12-22-16-8-4-14(19)5-9-16/h4-11,13H,3,12H2,1-2H3,(H,20,21). The maximum absolute atomic E-state index is 11.9. The zero-order chi connectivity index (χ0) is 16.7. The van der Waals surface area contributed by atoms with Gasteiger partial charge in [0.1, 0.15) is 11.5 Å². The predicted molar refractivity (Wildman–Crippen MR) is 92.4 cm³/mol. The molecule has 0 saturated heterocycles. The van der Waals surface area contributed by atoms with Crippen molar-refractivity contribution in [3.8, 4) is 11.5 Å². The first-order valence-corrected chi connectivity index (χ1v) is 7.89. The first-order chi connectivity index (χ1) is 11.1. The van der Waals surface area contributed by atoms with Crippen LogP contribution in [0, 0.1) is 0 Å². The SMILES string of the molecule is CCC(C)Oc1ccc(NC(=O)COc2ccc(Cl)cc2)cc1. The molecular weight excluding hydrogens is 314 g/mol. The van der Waals surface area contributed by atoms with E-state index in [4.69, 9.17) is 21.1 Å². The van der Waals surface area contributed by atoms with E-state index in [0.717, 1.165) is 12.2 Å². The maximum atomic E-state index is 11.9. The molecule has 1 atom stereocenters. The Balaban J connectivity index is 1.81. The Morgan fingerprint density at radius 1 is 1.09 bits per heavy atom. The van der Waals surface area contributed by atoms with E-state index in [-0.39, 0.29) is 18.6 Å². The molecule has 0 heterocycles. The summed E-state index contributed by atoms with van der Waals surface area (Å²) >= 11 is 5.79. The highest BCUT2D eigenvalue weighted by molar-refractivity contribution is 6.30. The van der Waals surface area contributed by atoms with Crippen molar-refractivity contribution in [2.45, 2.75) is 26.4 Å². The van der Waals surface area contributed by atoms with Gasteiger partial charge < -0.3 is 14.8 Å². The van der Waals surface area contributed by atoms with Gasteiger partial charge in [-0.05, 0) is 61.9 Å². The van der Waals surface area contributed by atoms with Crippen molar-refractivity contribution in [3.05, 3.63) is 53.6 Å². The maximum Gasteiger partial charge on any atom is 0.262 e. The van der Waals surface area contributed by atoms with Crippen LogP contribution in [-0.4, -0.2) is 18.6 Å². The molecule has 2 aromatic rings. The van der Waals surface area contributed by atoms with E-state index in [1.807, 2.05) is 19.1 Å². The molecule has 0 bridgehead atoms. The minimum absolute atomic E-state index is 0.0627. The Morgan fingerprint density at radius 3 is 2.30 bits per heavy atom. The van der Waals surface area contributed by atoms with Crippen LogP contribution in [0.3, 0.4) is 0 Å². The minimum Gasteiger partial charge on any atom is -0.491 e. The summed E-state index contributed by atoms with van der Waals surface area (Å²) in [5, 5.41) is 3.40. The summed E-state index contributed by atoms with van der Waals surface area (Å²) < 4.78 is 11.1. The molecule has 0 saturated carbocycles. The van der Waals surface area contributed by atoms with Crippen molar-refractivity contribution in [2.75, 3.05) is 11.9 Å². The molecule has 2 rings (SSSR count). The molecule has 2 aromatic carbocycles. The fraction of sp³-hybridized carbons (Fsp3) is 0.278. The van der Waals surface area contributed by atoms with E-state index in [1.54, 1.807) is 36.4 Å². The Labute approximate surface area is 141 Å². The summed E-state index contributed by atoms with van der Waals surface area (Å²) in [4.78, 5) is 11.9. The van der Waals surface area contributed by atoms with Crippen molar-refractivity contribution in [1.82, 2.24) is 0 Å². The van der Waals surface area contributed by atoms with E-state index in [0.29, 0.717) is 16.5 Å². The van der Waals surface area contributed by atoms with Crippen LogP contribution >= 0.6 is 11.6 Å². The van der Waals surface area contributed by atoms with Gasteiger partial charge in [0.2, 0.25) is 0 Å². The van der Waals surface area contributed by atoms with Crippen molar-refractivity contribution in [3.63, 3.8) is 0 Å². The number of halogens is 1. The molecule has 0 aliphatic rings. The smallest absolute Gasteiger partial charge is 0.262 e. The third-order valence-electron chi connectivity index (χ3n) is 3.23. The van der Waals surface area contributed by atoms with Gasteiger partial charge in [-0.2, -0.15) is 0 Å². The Kier molecular flexibility index (Phi) is 6.29. The monoisotopic (exact) mass is 333 g/mol. The second-order valence-electron chi connectivity index (χ2n) is 5.15. The van der Waals surface area contributed by atoms with Gasteiger partial charge in [-0.1, -0.05) is 18.5 Å². The molecule has 0 aromatic heterocycles. The number of rotatable bonds is 7. The third kappa shape index (κ3) is 5.83. The highest BCUT2D eigenvalue weighted by atomic mass is 35.5. The first-order valence-electron chi connectivity index (χ1n) is 7.51. The molecule has 0 aliphatic heterocycles. The van der Waals surface area contributed by atoms with Gasteiger partial charge in [0.25, 0.3) is 5.91 Å². The normalized spacial score (nSPS) is 11.6. The lowest BCUT2D eigenvalue weighted by Crippen LogP contribution is -2.20. The third-order valence-corrected chi connectivity index (χ3v) is 3.49. The lowest BCUT2D eigenvalue weighted by atomic mass is 10.3. The number of benzene rings is 2. The summed E-state index contributed by atoms with van der Waals surface area (Å²) in [5.74, 6) is 1.16. The van der Waals surface area contributed by atoms with Crippen molar-refractivity contribution < 1.29 is 14.3 Å². The van der Waals surface area contributed by atoms with Crippen LogP contribution in [0.25, 0.3) is 0 Å². The second kappa shape index (κ2) is 8.44. The van der Waals surface area contributed by atoms with E-state index < -0.39 is 0 Å². The highest BCUT2D eigenvalue weighted by Gasteiger charge is 2.05. The number of hydrogen-bond acceptors (Lipinski definition) is 3. The highest BCUT2D eigenvalue weighted by Crippen LogP contribution is 2.18. The van der Waals surface area contributed by atoms with Gasteiger partial charge in [0.05, 0.1) is 6.10 Å². The summed E-state index contributed by atoms with van der Waals surface area (Å²) in [6.07, 6.45) is 1.11. The van der Waals surface area contributed by atoms with Gasteiger partial charge in [-0.3, -0.25) is 4.79 Å². The van der Waals surface area contributed by atoms with Gasteiger partial charge in [0.15, 0.2) is 6.61 Å². The molecule has 4 nitrogen and oxygen atoms in total. The number of carbonyl (C=O) groups is 1. The summed E-state index contributed by atoms with van der Waals surface area (Å²) in [6.45, 7) is 4.02. The molecule has 0 aliphatic carbocycles. The van der Waals surface area contributed by atoms with Crippen molar-refractivity contribution >= 4 is 23.2 Å². The summed E-state index contributed by atoms with van der Waals surface area (Å²) in [7, 11) is 0. The van der Waals surface area contributed by atoms with Crippen LogP contribution in [0.5, 0.6) is 11.5 Å². The van der Waals surface area contributed by atoms with E-state index in [9.17, 15) is 4.79 Å². The van der Waals surface area contributed by atoms with Crippen molar-refractivity contribution in [1.29, 1.82) is 0 Å². The molecule has 1 amide bonds. The second-order valence-corrected chi connectivity index (χ2v) is 5.59. The Morgan fingerprint density at radius 2 is 1.70 bits per heavy atom. The largest absolute Gasteiger partial charge is 0.491 e. The number of amides is 1. The minimum atomic E-state index is -0.226. The number of nitrogens with one attached hydrogen (secondary N) is 1. The first kappa shape index (κ1) is 17.2. The number of ether oxygens (including phenoxy) is 2. The molecule has 122 valence electrons. The zero-order valence-corrected chi connectivity index (χ0v) is 14.0. The summed E-state index contributed by atoms with van der Waals surface area (Å²) in [5.41, 5.74) is 0.700. The molecule has 5 heteroatoms. The van der Waals surface area contributed by atoms with Crippen LogP contribution in [0.1, 0.15) is 20.3 Å². The number of hydrogen-bond donors (Lipinski definition) is 1. The Hall–Kier alpha value is -2.20. The van der Waals surface area contributed by atoms with Crippen molar-refractivity contribution in [2.24, 2.45) is 0 Å². The predicted octanol–water partition coefficient (Wildman–Crippen LogP) is 4.53. The fourth-order valence-corrected chi connectivity index (χ4v) is 1.94. The van der Waals surface area contributed by atoms with Gasteiger partial charge >= 0.3 is 0 Å². The van der Waals surface area contributed by atoms with Crippen LogP contribution in [-0.2, 0) is 4.79 Å². The zero-order valence-electron chi connectivity index (χ0n) is 13.2. The van der Waals surface area contributed by atoms with Crippen LogP contribution < -0.4 is 14.8 Å². The molecule has 0 spiro atoms. The molecule has 1 N–H and O–H groups in total. The molecular formula is C18H20ClNO3. The lowest BCUT2D eigenvalue weighted by Gasteiger charge is -2.13. The van der Waals surface area contributed by atoms with Crippen LogP contribution in [0.2, 0.25) is 5.02 Å². The van der Waals surface area contributed by atoms with E-state index >= 15 is 0 Å². The number of anilines is 1. The molecule has 1 unspecified atom stereocenters. The fourth-order valence-electron chi connectivity index (χ4n) is 1.81. The molecule has 23 heavy (non-hydrogen) atoms. The topological polar surface area (TPSA) is 47.6 Å². The quantitative estimate of drug-likeness (QED) is 0.809. The lowest BCUT2D eigenvalue weighted by molar-refractivity contribution is -0.118. The molecule has 0 fully saturated rings. The number of carbonyl (C=O) groups excluding carboxylic acids is 1. The summed E-state index contributed by atoms with van der Waals surface area (Å²) in [6, 6.07) is 14.1. The average molecular weight is 334 g/mol. The van der Waals surface area contributed by atoms with E-state index in [1.165, 1.54) is 0 Å². The average Bonchev–Trinajstić information content (AvgIpc) is 2.56. The van der Waals surface area contributed by atoms with E-state index in [2.05, 4.69) is 12.2 Å². The van der Waals surface area contributed by atoms with Crippen LogP contribution in [0.15, 0.2) is 48.5 Å². The van der Waals surface area contributed by atoms with Gasteiger partial charge in [0, 0.05) is 10.7 Å².